The second kappa shape index (κ2) is 4.38. The third-order valence-corrected chi connectivity index (χ3v) is 3.47. The van der Waals surface area contributed by atoms with Gasteiger partial charge in [0.25, 0.3) is 0 Å². The highest BCUT2D eigenvalue weighted by Gasteiger charge is 2.37. The number of rotatable bonds is 4. The van der Waals surface area contributed by atoms with Crippen LogP contribution in [-0.4, -0.2) is 27.4 Å². The van der Waals surface area contributed by atoms with Crippen molar-refractivity contribution in [2.24, 2.45) is 5.92 Å². The molecule has 0 amide bonds. The van der Waals surface area contributed by atoms with E-state index in [1.165, 1.54) is 12.8 Å². The fourth-order valence-corrected chi connectivity index (χ4v) is 2.40. The lowest BCUT2D eigenvalue weighted by atomic mass is 10.1. The van der Waals surface area contributed by atoms with Gasteiger partial charge in [0.1, 0.15) is 6.61 Å². The van der Waals surface area contributed by atoms with Gasteiger partial charge in [-0.2, -0.15) is 0 Å². The summed E-state index contributed by atoms with van der Waals surface area (Å²) in [6.07, 6.45) is 2.88. The molecule has 1 unspecified atom stereocenters. The summed E-state index contributed by atoms with van der Waals surface area (Å²) < 4.78 is 7.86. The van der Waals surface area contributed by atoms with E-state index in [1.54, 1.807) is 0 Å². The number of hydrogen-bond donors (Lipinski definition) is 1. The molecule has 1 atom stereocenters. The van der Waals surface area contributed by atoms with Crippen molar-refractivity contribution < 1.29 is 4.74 Å². The molecule has 0 spiro atoms. The minimum atomic E-state index is 0.240. The lowest BCUT2D eigenvalue weighted by Gasteiger charge is -2.25. The van der Waals surface area contributed by atoms with E-state index in [0.717, 1.165) is 30.7 Å². The van der Waals surface area contributed by atoms with Gasteiger partial charge in [0.2, 0.25) is 0 Å². The minimum absolute atomic E-state index is 0.240. The Kier molecular flexibility index (Phi) is 2.88. The van der Waals surface area contributed by atoms with E-state index >= 15 is 0 Å². The number of ether oxygens (including phenoxy) is 1. The van der Waals surface area contributed by atoms with Gasteiger partial charge in [-0.1, -0.05) is 0 Å². The van der Waals surface area contributed by atoms with Crippen molar-refractivity contribution in [1.29, 1.82) is 0 Å². The zero-order chi connectivity index (χ0) is 11.8. The number of nitrogens with zero attached hydrogens (tertiary/aromatic N) is 3. The molecule has 2 aliphatic rings. The van der Waals surface area contributed by atoms with Gasteiger partial charge in [-0.25, -0.2) is 0 Å². The topological polar surface area (TPSA) is 52.0 Å². The van der Waals surface area contributed by atoms with Crippen LogP contribution in [0.1, 0.15) is 44.4 Å². The van der Waals surface area contributed by atoms with Crippen LogP contribution in [-0.2, 0) is 17.9 Å². The van der Waals surface area contributed by atoms with Gasteiger partial charge in [-0.05, 0) is 32.6 Å². The van der Waals surface area contributed by atoms with E-state index < -0.39 is 0 Å². The van der Waals surface area contributed by atoms with E-state index in [1.807, 2.05) is 13.8 Å². The first-order chi connectivity index (χ1) is 8.25. The summed E-state index contributed by atoms with van der Waals surface area (Å²) in [5.74, 6) is 2.86. The smallest absolute Gasteiger partial charge is 0.159 e. The Morgan fingerprint density at radius 3 is 2.94 bits per heavy atom. The van der Waals surface area contributed by atoms with Gasteiger partial charge in [-0.3, -0.25) is 0 Å². The molecule has 5 nitrogen and oxygen atoms in total. The summed E-state index contributed by atoms with van der Waals surface area (Å²) in [5.41, 5.74) is 0. The van der Waals surface area contributed by atoms with Crippen molar-refractivity contribution in [2.75, 3.05) is 6.54 Å². The van der Waals surface area contributed by atoms with Crippen LogP contribution >= 0.6 is 0 Å². The Balaban J connectivity index is 1.78. The van der Waals surface area contributed by atoms with E-state index in [0.29, 0.717) is 12.6 Å². The predicted octanol–water partition coefficient (Wildman–Crippen LogP) is 1.26. The summed E-state index contributed by atoms with van der Waals surface area (Å²) in [6.45, 7) is 6.63. The van der Waals surface area contributed by atoms with E-state index in [2.05, 4.69) is 20.1 Å². The molecular formula is C12H20N4O. The maximum atomic E-state index is 5.62. The molecule has 0 aromatic carbocycles. The Hall–Kier alpha value is -0.940. The molecule has 1 fully saturated rings. The second-order valence-electron chi connectivity index (χ2n) is 5.26. The van der Waals surface area contributed by atoms with Gasteiger partial charge in [-0.15, -0.1) is 10.2 Å². The second-order valence-corrected chi connectivity index (χ2v) is 5.26. The molecule has 5 heteroatoms. The highest BCUT2D eigenvalue weighted by molar-refractivity contribution is 5.08. The highest BCUT2D eigenvalue weighted by Crippen LogP contribution is 2.41. The predicted molar refractivity (Wildman–Crippen MR) is 63.4 cm³/mol. The number of nitrogens with one attached hydrogen (secondary N) is 1. The maximum Gasteiger partial charge on any atom is 0.159 e. The van der Waals surface area contributed by atoms with Crippen molar-refractivity contribution in [1.82, 2.24) is 20.1 Å². The number of hydrogen-bond acceptors (Lipinski definition) is 4. The Labute approximate surface area is 102 Å². The molecule has 3 rings (SSSR count). The Morgan fingerprint density at radius 2 is 2.24 bits per heavy atom. The van der Waals surface area contributed by atoms with Gasteiger partial charge in [0.05, 0.1) is 12.1 Å². The molecule has 17 heavy (non-hydrogen) atoms. The van der Waals surface area contributed by atoms with Crippen molar-refractivity contribution in [3.05, 3.63) is 11.6 Å². The van der Waals surface area contributed by atoms with Gasteiger partial charge in [0, 0.05) is 13.1 Å². The van der Waals surface area contributed by atoms with Crippen molar-refractivity contribution in [3.8, 4) is 0 Å². The molecule has 1 aromatic rings. The maximum absolute atomic E-state index is 5.62. The molecule has 1 aliphatic carbocycles. The van der Waals surface area contributed by atoms with Crippen LogP contribution < -0.4 is 5.32 Å². The number of fused-ring (bicyclic) bond motifs is 1. The molecule has 2 heterocycles. The third kappa shape index (κ3) is 2.21. The van der Waals surface area contributed by atoms with Crippen molar-refractivity contribution in [3.63, 3.8) is 0 Å². The lowest BCUT2D eigenvalue weighted by Crippen LogP contribution is -2.35. The van der Waals surface area contributed by atoms with E-state index in [-0.39, 0.29) is 6.10 Å². The Bertz CT molecular complexity index is 397. The molecule has 0 saturated heterocycles. The molecule has 1 aromatic heterocycles. The van der Waals surface area contributed by atoms with E-state index in [9.17, 15) is 0 Å². The summed E-state index contributed by atoms with van der Waals surface area (Å²) in [4.78, 5) is 0. The minimum Gasteiger partial charge on any atom is -0.371 e. The van der Waals surface area contributed by atoms with Crippen LogP contribution in [0, 0.1) is 5.92 Å². The van der Waals surface area contributed by atoms with Crippen LogP contribution in [0.15, 0.2) is 0 Å². The Morgan fingerprint density at radius 1 is 1.41 bits per heavy atom. The first-order valence-electron chi connectivity index (χ1n) is 6.52. The molecular weight excluding hydrogens is 216 g/mol. The van der Waals surface area contributed by atoms with Crippen LogP contribution in [0.2, 0.25) is 0 Å². The molecule has 1 aliphatic heterocycles. The molecule has 0 bridgehead atoms. The van der Waals surface area contributed by atoms with Crippen molar-refractivity contribution in [2.45, 2.75) is 52.0 Å². The zero-order valence-corrected chi connectivity index (χ0v) is 10.5. The quantitative estimate of drug-likeness (QED) is 0.855. The first-order valence-corrected chi connectivity index (χ1v) is 6.52. The largest absolute Gasteiger partial charge is 0.371 e. The van der Waals surface area contributed by atoms with Crippen LogP contribution in [0.4, 0.5) is 0 Å². The average molecular weight is 236 g/mol. The van der Waals surface area contributed by atoms with E-state index in [4.69, 9.17) is 4.74 Å². The lowest BCUT2D eigenvalue weighted by molar-refractivity contribution is 0.0588. The summed E-state index contributed by atoms with van der Waals surface area (Å²) in [5, 5.41) is 12.2. The van der Waals surface area contributed by atoms with Gasteiger partial charge < -0.3 is 14.6 Å². The van der Waals surface area contributed by atoms with Crippen molar-refractivity contribution >= 4 is 0 Å². The van der Waals surface area contributed by atoms with Gasteiger partial charge >= 0.3 is 0 Å². The molecule has 0 radical (unpaired) electrons. The number of aromatic nitrogens is 3. The van der Waals surface area contributed by atoms with Crippen LogP contribution in [0.3, 0.4) is 0 Å². The average Bonchev–Trinajstić information content (AvgIpc) is 3.07. The summed E-state index contributed by atoms with van der Waals surface area (Å²) in [7, 11) is 0. The summed E-state index contributed by atoms with van der Waals surface area (Å²) in [6, 6.07) is 0.420. The van der Waals surface area contributed by atoms with Gasteiger partial charge in [0.15, 0.2) is 11.6 Å². The fourth-order valence-electron chi connectivity index (χ4n) is 2.40. The highest BCUT2D eigenvalue weighted by atomic mass is 16.5. The first kappa shape index (κ1) is 11.2. The monoisotopic (exact) mass is 236 g/mol. The third-order valence-electron chi connectivity index (χ3n) is 3.47. The summed E-state index contributed by atoms with van der Waals surface area (Å²) >= 11 is 0. The normalized spacial score (nSPS) is 24.1. The fraction of sp³-hybridized carbons (Fsp3) is 0.833. The molecule has 1 N–H and O–H groups in total. The zero-order valence-electron chi connectivity index (χ0n) is 10.5. The van der Waals surface area contributed by atoms with Crippen LogP contribution in [0.25, 0.3) is 0 Å². The standard InChI is InChI=1S/C12H20N4O/c1-8(2)17-7-10-14-15-12-11(9-3-4-9)13-5-6-16(10)12/h8-9,11,13H,3-7H2,1-2H3. The molecule has 94 valence electrons. The SMILES string of the molecule is CC(C)OCc1nnc2n1CCNC2C1CC1. The molecule has 1 saturated carbocycles. The van der Waals surface area contributed by atoms with Crippen LogP contribution in [0.5, 0.6) is 0 Å².